The van der Waals surface area contributed by atoms with Crippen LogP contribution in [0, 0.1) is 18.3 Å². The number of ether oxygens (including phenoxy) is 1. The summed E-state index contributed by atoms with van der Waals surface area (Å²) < 4.78 is 25.0. The van der Waals surface area contributed by atoms with Gasteiger partial charge in [-0.25, -0.2) is 9.46 Å². The van der Waals surface area contributed by atoms with Crippen molar-refractivity contribution in [2.45, 2.75) is 53.1 Å². The Hall–Kier alpha value is -1.97. The first-order valence-corrected chi connectivity index (χ1v) is 10.8. The van der Waals surface area contributed by atoms with Crippen LogP contribution in [-0.2, 0) is 9.05 Å². The molecule has 29 heavy (non-hydrogen) atoms. The van der Waals surface area contributed by atoms with Crippen molar-refractivity contribution in [3.8, 4) is 11.8 Å². The van der Waals surface area contributed by atoms with E-state index in [-0.39, 0.29) is 17.7 Å². The molecule has 7 nitrogen and oxygen atoms in total. The van der Waals surface area contributed by atoms with Gasteiger partial charge in [-0.05, 0) is 52.3 Å². The minimum Gasteiger partial charge on any atom is -0.491 e. The summed E-state index contributed by atoms with van der Waals surface area (Å²) in [5, 5.41) is 9.64. The molecule has 2 rings (SSSR count). The Bertz CT molecular complexity index is 883. The predicted molar refractivity (Wildman–Crippen MR) is 114 cm³/mol. The van der Waals surface area contributed by atoms with E-state index in [1.807, 2.05) is 19.1 Å². The fourth-order valence-electron chi connectivity index (χ4n) is 2.98. The quantitative estimate of drug-likeness (QED) is 0.294. The zero-order valence-corrected chi connectivity index (χ0v) is 18.6. The van der Waals surface area contributed by atoms with Crippen molar-refractivity contribution in [3.63, 3.8) is 0 Å². The van der Waals surface area contributed by atoms with Gasteiger partial charge >= 0.3 is 5.63 Å². The van der Waals surface area contributed by atoms with E-state index in [1.165, 1.54) is 6.07 Å². The van der Waals surface area contributed by atoms with Crippen molar-refractivity contribution in [1.29, 1.82) is 5.26 Å². The molecule has 1 unspecified atom stereocenters. The van der Waals surface area contributed by atoms with Crippen molar-refractivity contribution in [2.75, 3.05) is 19.8 Å². The molecule has 8 heteroatoms. The SMILES string of the molecule is Cc1cc(=O)oc2cc(OCCOP(OCCC#N)N(C(C)C)C(C)C)ccc12. The van der Waals surface area contributed by atoms with E-state index in [4.69, 9.17) is 23.5 Å². The lowest BCUT2D eigenvalue weighted by atomic mass is 10.1. The molecule has 2 aromatic rings. The van der Waals surface area contributed by atoms with E-state index in [0.717, 1.165) is 10.9 Å². The Morgan fingerprint density at radius 3 is 2.45 bits per heavy atom. The van der Waals surface area contributed by atoms with Gasteiger partial charge in [-0.1, -0.05) is 0 Å². The van der Waals surface area contributed by atoms with Gasteiger partial charge in [-0.2, -0.15) is 5.26 Å². The van der Waals surface area contributed by atoms with Crippen molar-refractivity contribution < 1.29 is 18.2 Å². The van der Waals surface area contributed by atoms with E-state index in [1.54, 1.807) is 6.07 Å². The Morgan fingerprint density at radius 2 is 1.79 bits per heavy atom. The molecule has 1 aromatic carbocycles. The second-order valence-electron chi connectivity index (χ2n) is 7.13. The average molecular weight is 420 g/mol. The maximum atomic E-state index is 11.6. The van der Waals surface area contributed by atoms with Gasteiger partial charge in [0.25, 0.3) is 8.53 Å². The first-order valence-electron chi connectivity index (χ1n) is 9.72. The Balaban J connectivity index is 1.97. The van der Waals surface area contributed by atoms with E-state index in [0.29, 0.717) is 37.6 Å². The van der Waals surface area contributed by atoms with Gasteiger partial charge in [0, 0.05) is 29.6 Å². The topological polar surface area (TPSA) is 84.9 Å². The zero-order valence-electron chi connectivity index (χ0n) is 17.7. The molecule has 0 saturated heterocycles. The van der Waals surface area contributed by atoms with Crippen LogP contribution in [0.3, 0.4) is 0 Å². The van der Waals surface area contributed by atoms with Crippen molar-refractivity contribution in [2.24, 2.45) is 0 Å². The third-order valence-corrected chi connectivity index (χ3v) is 6.25. The van der Waals surface area contributed by atoms with Crippen molar-refractivity contribution in [3.05, 3.63) is 40.2 Å². The lowest BCUT2D eigenvalue weighted by molar-refractivity contribution is 0.154. The summed E-state index contributed by atoms with van der Waals surface area (Å²) in [6.45, 7) is 11.2. The maximum absolute atomic E-state index is 11.6. The number of nitriles is 1. The molecule has 0 aliphatic heterocycles. The summed E-state index contributed by atoms with van der Waals surface area (Å²) in [6, 6.07) is 9.48. The molecule has 0 aliphatic carbocycles. The largest absolute Gasteiger partial charge is 0.491 e. The standard InChI is InChI=1S/C21H29N2O5P/c1-15(2)23(16(3)4)29(26-10-6-9-22)27-12-11-25-18-7-8-19-17(5)13-21(24)28-20(19)14-18/h7-8,13-16H,6,10-12H2,1-5H3. The van der Waals surface area contributed by atoms with Crippen LogP contribution in [0.4, 0.5) is 0 Å². The van der Waals surface area contributed by atoms with Crippen molar-refractivity contribution >= 4 is 19.5 Å². The third-order valence-electron chi connectivity index (χ3n) is 4.14. The molecule has 158 valence electrons. The smallest absolute Gasteiger partial charge is 0.336 e. The molecule has 0 amide bonds. The maximum Gasteiger partial charge on any atom is 0.336 e. The molecule has 0 N–H and O–H groups in total. The van der Waals surface area contributed by atoms with Crippen LogP contribution >= 0.6 is 8.53 Å². The first kappa shape index (κ1) is 23.3. The van der Waals surface area contributed by atoms with Gasteiger partial charge < -0.3 is 18.2 Å². The highest BCUT2D eigenvalue weighted by Gasteiger charge is 2.27. The normalized spacial score (nSPS) is 12.7. The minimum atomic E-state index is -1.29. The molecule has 0 aliphatic rings. The molecule has 0 fully saturated rings. The second-order valence-corrected chi connectivity index (χ2v) is 8.59. The summed E-state index contributed by atoms with van der Waals surface area (Å²) >= 11 is 0. The summed E-state index contributed by atoms with van der Waals surface area (Å²) in [5.41, 5.74) is 0.994. The van der Waals surface area contributed by atoms with Gasteiger partial charge in [-0.3, -0.25) is 0 Å². The Labute approximate surface area is 173 Å². The summed E-state index contributed by atoms with van der Waals surface area (Å²) in [4.78, 5) is 11.6. The number of benzene rings is 1. The highest BCUT2D eigenvalue weighted by Crippen LogP contribution is 2.45. The number of aryl methyl sites for hydroxylation is 1. The fraction of sp³-hybridized carbons (Fsp3) is 0.524. The number of hydrogen-bond acceptors (Lipinski definition) is 7. The average Bonchev–Trinajstić information content (AvgIpc) is 2.64. The predicted octanol–water partition coefficient (Wildman–Crippen LogP) is 4.77. The molecular weight excluding hydrogens is 391 g/mol. The van der Waals surface area contributed by atoms with Crippen LogP contribution in [0.5, 0.6) is 5.75 Å². The first-order chi connectivity index (χ1) is 13.8. The molecule has 1 aromatic heterocycles. The van der Waals surface area contributed by atoms with Gasteiger partial charge in [0.05, 0.1) is 25.7 Å². The second kappa shape index (κ2) is 11.3. The van der Waals surface area contributed by atoms with Gasteiger partial charge in [0.2, 0.25) is 0 Å². The summed E-state index contributed by atoms with van der Waals surface area (Å²) in [5.74, 6) is 0.606. The van der Waals surface area contributed by atoms with Gasteiger partial charge in [-0.15, -0.1) is 0 Å². The highest BCUT2D eigenvalue weighted by molar-refractivity contribution is 7.44. The molecule has 0 radical (unpaired) electrons. The van der Waals surface area contributed by atoms with E-state index < -0.39 is 8.53 Å². The molecule has 1 heterocycles. The molecule has 0 spiro atoms. The van der Waals surface area contributed by atoms with Crippen LogP contribution in [0.25, 0.3) is 11.0 Å². The van der Waals surface area contributed by atoms with E-state index >= 15 is 0 Å². The lowest BCUT2D eigenvalue weighted by Crippen LogP contribution is -2.34. The zero-order chi connectivity index (χ0) is 21.4. The van der Waals surface area contributed by atoms with Crippen LogP contribution in [0.2, 0.25) is 0 Å². The van der Waals surface area contributed by atoms with E-state index in [9.17, 15) is 4.79 Å². The molecule has 1 atom stereocenters. The van der Waals surface area contributed by atoms with Gasteiger partial charge in [0.15, 0.2) is 0 Å². The number of nitrogens with zero attached hydrogens (tertiary/aromatic N) is 2. The highest BCUT2D eigenvalue weighted by atomic mass is 31.2. The minimum absolute atomic E-state index is 0.246. The van der Waals surface area contributed by atoms with Crippen LogP contribution in [0.15, 0.2) is 33.5 Å². The van der Waals surface area contributed by atoms with Crippen molar-refractivity contribution in [1.82, 2.24) is 4.67 Å². The number of rotatable bonds is 11. The fourth-order valence-corrected chi connectivity index (χ4v) is 4.56. The molecular formula is C21H29N2O5P. The molecule has 0 bridgehead atoms. The van der Waals surface area contributed by atoms with Crippen LogP contribution < -0.4 is 10.4 Å². The number of fused-ring (bicyclic) bond motifs is 1. The molecule has 0 saturated carbocycles. The Morgan fingerprint density at radius 1 is 1.10 bits per heavy atom. The van der Waals surface area contributed by atoms with E-state index in [2.05, 4.69) is 38.4 Å². The lowest BCUT2D eigenvalue weighted by Gasteiger charge is -2.35. The number of hydrogen-bond donors (Lipinski definition) is 0. The van der Waals surface area contributed by atoms with Crippen LogP contribution in [-0.4, -0.2) is 36.6 Å². The van der Waals surface area contributed by atoms with Crippen LogP contribution in [0.1, 0.15) is 39.7 Å². The Kier molecular flexibility index (Phi) is 9.06. The summed E-state index contributed by atoms with van der Waals surface area (Å²) in [7, 11) is -1.29. The van der Waals surface area contributed by atoms with Gasteiger partial charge in [0.1, 0.15) is 17.9 Å². The summed E-state index contributed by atoms with van der Waals surface area (Å²) in [6.07, 6.45) is 0.324. The third kappa shape index (κ3) is 6.80. The monoisotopic (exact) mass is 420 g/mol.